The van der Waals surface area contributed by atoms with Crippen LogP contribution in [0.25, 0.3) is 16.9 Å². The second kappa shape index (κ2) is 10.6. The Morgan fingerprint density at radius 1 is 1.03 bits per heavy atom. The van der Waals surface area contributed by atoms with Crippen LogP contribution < -0.4 is 4.72 Å². The van der Waals surface area contributed by atoms with Crippen LogP contribution in [0.1, 0.15) is 5.69 Å². The highest BCUT2D eigenvalue weighted by molar-refractivity contribution is 7.89. The van der Waals surface area contributed by atoms with Gasteiger partial charge in [-0.25, -0.2) is 17.8 Å². The number of hydrogen-bond donors (Lipinski definition) is 1. The minimum absolute atomic E-state index is 0.113. The van der Waals surface area contributed by atoms with Crippen LogP contribution in [0.15, 0.2) is 65.6 Å². The summed E-state index contributed by atoms with van der Waals surface area (Å²) in [5.41, 5.74) is -0.472. The summed E-state index contributed by atoms with van der Waals surface area (Å²) in [6.45, 7) is -1.66. The molecule has 1 aromatic heterocycles. The van der Waals surface area contributed by atoms with Crippen LogP contribution in [-0.2, 0) is 25.9 Å². The van der Waals surface area contributed by atoms with Crippen LogP contribution in [0, 0.1) is 20.2 Å². The number of alkyl halides is 3. The lowest BCUT2D eigenvalue weighted by atomic mass is 10.1. The van der Waals surface area contributed by atoms with E-state index in [1.165, 1.54) is 12.1 Å². The lowest BCUT2D eigenvalue weighted by molar-refractivity contribution is -0.789. The molecule has 0 amide bonds. The molecule has 1 unspecified atom stereocenters. The third-order valence-corrected chi connectivity index (χ3v) is 6.00. The number of rotatable bonds is 11. The third kappa shape index (κ3) is 6.66. The highest BCUT2D eigenvalue weighted by Crippen LogP contribution is 2.33. The lowest BCUT2D eigenvalue weighted by Crippen LogP contribution is -2.38. The molecule has 0 saturated heterocycles. The Morgan fingerprint density at radius 3 is 2.22 bits per heavy atom. The number of nitrogens with zero attached hydrogens (tertiary/aromatic N) is 4. The Morgan fingerprint density at radius 2 is 1.67 bits per heavy atom. The van der Waals surface area contributed by atoms with E-state index in [1.807, 2.05) is 4.72 Å². The maximum absolute atomic E-state index is 13.3. The molecule has 3 aromatic rings. The smallest absolute Gasteiger partial charge is 0.312 e. The van der Waals surface area contributed by atoms with Crippen molar-refractivity contribution >= 4 is 10.0 Å². The summed E-state index contributed by atoms with van der Waals surface area (Å²) >= 11 is 0. The highest BCUT2D eigenvalue weighted by Gasteiger charge is 2.35. The fraction of sp³-hybridized carbons (Fsp3) is 0.211. The first kappa shape index (κ1) is 26.4. The van der Waals surface area contributed by atoms with E-state index in [1.54, 1.807) is 30.3 Å². The van der Waals surface area contributed by atoms with Crippen molar-refractivity contribution in [2.45, 2.75) is 17.2 Å². The van der Waals surface area contributed by atoms with Gasteiger partial charge in [0.25, 0.3) is 10.2 Å². The van der Waals surface area contributed by atoms with Gasteiger partial charge in [0.05, 0.1) is 16.3 Å². The van der Waals surface area contributed by atoms with E-state index in [0.29, 0.717) is 5.56 Å². The van der Waals surface area contributed by atoms with Crippen molar-refractivity contribution in [1.29, 1.82) is 0 Å². The molecule has 1 N–H and O–H groups in total. The molecule has 0 bridgehead atoms. The molecule has 0 spiro atoms. The summed E-state index contributed by atoms with van der Waals surface area (Å²) in [5, 5.41) is 21.9. The number of hydrogen-bond acceptors (Lipinski definition) is 9. The van der Waals surface area contributed by atoms with Gasteiger partial charge in [0.1, 0.15) is 12.7 Å². The van der Waals surface area contributed by atoms with Crippen LogP contribution >= 0.6 is 0 Å². The molecule has 0 aliphatic heterocycles. The van der Waals surface area contributed by atoms with E-state index in [2.05, 4.69) is 14.8 Å². The van der Waals surface area contributed by atoms with Gasteiger partial charge in [0.2, 0.25) is 10.0 Å². The van der Waals surface area contributed by atoms with Crippen LogP contribution in [0.5, 0.6) is 0 Å². The van der Waals surface area contributed by atoms with E-state index >= 15 is 0 Å². The highest BCUT2D eigenvalue weighted by atomic mass is 32.2. The molecule has 0 aliphatic rings. The zero-order chi connectivity index (χ0) is 26.5. The quantitative estimate of drug-likeness (QED) is 0.289. The molecule has 2 aromatic carbocycles. The molecule has 17 heteroatoms. The van der Waals surface area contributed by atoms with Gasteiger partial charge in [-0.3, -0.25) is 0 Å². The van der Waals surface area contributed by atoms with Gasteiger partial charge in [-0.2, -0.15) is 18.3 Å². The SMILES string of the molecule is O=[N+]([O-])OCC(CNS(=O)(=O)c1ccc(-n2nc(C(F)(F)F)cc2-c2ccccc2)cc1)O[N+](=O)[O-]. The zero-order valence-corrected chi connectivity index (χ0v) is 18.7. The summed E-state index contributed by atoms with van der Waals surface area (Å²) < 4.78 is 68.0. The molecule has 13 nitrogen and oxygen atoms in total. The number of halogens is 3. The molecule has 36 heavy (non-hydrogen) atoms. The summed E-state index contributed by atoms with van der Waals surface area (Å²) in [6.07, 6.45) is -6.35. The Hall–Kier alpha value is -4.25. The van der Waals surface area contributed by atoms with E-state index in [9.17, 15) is 41.8 Å². The fourth-order valence-electron chi connectivity index (χ4n) is 2.98. The first-order valence-corrected chi connectivity index (χ1v) is 11.3. The number of nitrogens with one attached hydrogen (secondary N) is 1. The number of aromatic nitrogens is 2. The van der Waals surface area contributed by atoms with Gasteiger partial charge in [-0.1, -0.05) is 30.3 Å². The van der Waals surface area contributed by atoms with E-state index in [0.717, 1.165) is 22.9 Å². The van der Waals surface area contributed by atoms with Crippen molar-refractivity contribution < 1.29 is 41.4 Å². The first-order chi connectivity index (χ1) is 16.9. The molecular formula is C19H16F3N5O8S. The van der Waals surface area contributed by atoms with Crippen molar-refractivity contribution in [2.24, 2.45) is 0 Å². The topological polar surface area (TPSA) is 169 Å². The Labute approximate surface area is 200 Å². The molecule has 3 rings (SSSR count). The minimum atomic E-state index is -4.72. The van der Waals surface area contributed by atoms with E-state index in [4.69, 9.17) is 0 Å². The van der Waals surface area contributed by atoms with Crippen molar-refractivity contribution in [3.8, 4) is 16.9 Å². The predicted octanol–water partition coefficient (Wildman–Crippen LogP) is 2.62. The minimum Gasteiger partial charge on any atom is -0.312 e. The van der Waals surface area contributed by atoms with Gasteiger partial charge in [-0.15, -0.1) is 20.2 Å². The number of benzene rings is 2. The molecule has 1 heterocycles. The van der Waals surface area contributed by atoms with Crippen molar-refractivity contribution in [3.05, 3.63) is 86.6 Å². The first-order valence-electron chi connectivity index (χ1n) is 9.78. The summed E-state index contributed by atoms with van der Waals surface area (Å²) in [5.74, 6) is 0. The van der Waals surface area contributed by atoms with Crippen LogP contribution in [0.4, 0.5) is 13.2 Å². The van der Waals surface area contributed by atoms with Gasteiger partial charge in [0, 0.05) is 12.1 Å². The molecule has 0 aliphatic carbocycles. The average Bonchev–Trinajstić information content (AvgIpc) is 3.27. The second-order valence-corrected chi connectivity index (χ2v) is 8.77. The Kier molecular flexibility index (Phi) is 7.74. The van der Waals surface area contributed by atoms with Gasteiger partial charge >= 0.3 is 6.18 Å². The maximum atomic E-state index is 13.3. The molecule has 1 atom stereocenters. The van der Waals surface area contributed by atoms with Gasteiger partial charge in [0.15, 0.2) is 5.69 Å². The Bertz CT molecular complexity index is 1330. The van der Waals surface area contributed by atoms with Crippen molar-refractivity contribution in [1.82, 2.24) is 14.5 Å². The van der Waals surface area contributed by atoms with Crippen molar-refractivity contribution in [2.75, 3.05) is 13.2 Å². The van der Waals surface area contributed by atoms with Gasteiger partial charge in [-0.05, 0) is 30.3 Å². The van der Waals surface area contributed by atoms with Gasteiger partial charge < -0.3 is 9.68 Å². The maximum Gasteiger partial charge on any atom is 0.435 e. The summed E-state index contributed by atoms with van der Waals surface area (Å²) in [7, 11) is -4.30. The molecule has 192 valence electrons. The van der Waals surface area contributed by atoms with E-state index < -0.39 is 51.3 Å². The summed E-state index contributed by atoms with van der Waals surface area (Å²) in [6, 6.07) is 13.6. The zero-order valence-electron chi connectivity index (χ0n) is 17.9. The third-order valence-electron chi connectivity index (χ3n) is 4.56. The summed E-state index contributed by atoms with van der Waals surface area (Å²) in [4.78, 5) is 28.6. The largest absolute Gasteiger partial charge is 0.435 e. The second-order valence-electron chi connectivity index (χ2n) is 7.01. The molecular weight excluding hydrogens is 515 g/mol. The predicted molar refractivity (Wildman–Crippen MR) is 114 cm³/mol. The number of sulfonamides is 1. The average molecular weight is 531 g/mol. The standard InChI is InChI=1S/C19H16F3N5O8S/c20-19(21,22)18-10-17(13-4-2-1-3-5-13)25(24-18)14-6-8-16(9-7-14)36(32,33)23-11-15(35-27(30)31)12-34-26(28)29/h1-10,15,23H,11-12H2. The molecule has 0 saturated carbocycles. The fourth-order valence-corrected chi connectivity index (χ4v) is 4.04. The van der Waals surface area contributed by atoms with Crippen LogP contribution in [0.2, 0.25) is 0 Å². The normalized spacial score (nSPS) is 12.6. The monoisotopic (exact) mass is 531 g/mol. The van der Waals surface area contributed by atoms with Crippen molar-refractivity contribution in [3.63, 3.8) is 0 Å². The molecule has 0 fully saturated rings. The van der Waals surface area contributed by atoms with Crippen LogP contribution in [0.3, 0.4) is 0 Å². The Balaban J connectivity index is 1.85. The van der Waals surface area contributed by atoms with E-state index in [-0.39, 0.29) is 16.3 Å². The van der Waals surface area contributed by atoms with Crippen LogP contribution in [-0.4, -0.2) is 47.6 Å². The molecule has 0 radical (unpaired) electrons. The lowest BCUT2D eigenvalue weighted by Gasteiger charge is -2.15.